The van der Waals surface area contributed by atoms with Gasteiger partial charge in [-0.05, 0) is 44.4 Å². The molecule has 2 N–H and O–H groups in total. The van der Waals surface area contributed by atoms with E-state index < -0.39 is 6.04 Å². The highest BCUT2D eigenvalue weighted by Crippen LogP contribution is 2.21. The van der Waals surface area contributed by atoms with E-state index in [1.165, 1.54) is 0 Å². The van der Waals surface area contributed by atoms with Gasteiger partial charge in [0, 0.05) is 12.2 Å². The Balaban J connectivity index is 1.64. The highest BCUT2D eigenvalue weighted by atomic mass is 16.2. The minimum Gasteiger partial charge on any atom is -0.343 e. The number of nitrogens with one attached hydrogen (secondary N) is 2. The first kappa shape index (κ1) is 15.0. The summed E-state index contributed by atoms with van der Waals surface area (Å²) in [7, 11) is 0. The number of nitrogens with zero attached hydrogens (tertiary/aromatic N) is 1. The van der Waals surface area contributed by atoms with Gasteiger partial charge in [-0.1, -0.05) is 24.6 Å². The van der Waals surface area contributed by atoms with Crippen molar-refractivity contribution in [2.45, 2.75) is 44.2 Å². The number of amides is 2. The van der Waals surface area contributed by atoms with Gasteiger partial charge in [0.2, 0.25) is 11.8 Å². The van der Waals surface area contributed by atoms with E-state index in [0.29, 0.717) is 0 Å². The van der Waals surface area contributed by atoms with Crippen LogP contribution in [-0.4, -0.2) is 37.0 Å². The standard InChI is InChI=1S/C17H23N3O2/c21-16(14-9-4-5-11-18-14)19-15-10-6-12-20(17(15)22)13-7-2-1-3-8-13/h1-3,7-8,14-15,18H,4-6,9-12H2,(H,19,21). The first-order chi connectivity index (χ1) is 10.8. The summed E-state index contributed by atoms with van der Waals surface area (Å²) in [5.41, 5.74) is 0.905. The average molecular weight is 301 g/mol. The maximum atomic E-state index is 12.6. The number of carbonyl (C=O) groups excluding carboxylic acids is 2. The van der Waals surface area contributed by atoms with Gasteiger partial charge in [-0.25, -0.2) is 0 Å². The predicted octanol–water partition coefficient (Wildman–Crippen LogP) is 1.44. The molecule has 5 heteroatoms. The van der Waals surface area contributed by atoms with Crippen LogP contribution in [0.1, 0.15) is 32.1 Å². The van der Waals surface area contributed by atoms with Gasteiger partial charge in [0.05, 0.1) is 6.04 Å². The first-order valence-electron chi connectivity index (χ1n) is 8.16. The van der Waals surface area contributed by atoms with Gasteiger partial charge in [0.15, 0.2) is 0 Å². The van der Waals surface area contributed by atoms with E-state index in [1.54, 1.807) is 4.90 Å². The van der Waals surface area contributed by atoms with E-state index in [2.05, 4.69) is 10.6 Å². The quantitative estimate of drug-likeness (QED) is 0.888. The number of piperidine rings is 2. The molecule has 1 aromatic rings. The van der Waals surface area contributed by atoms with Crippen molar-refractivity contribution >= 4 is 17.5 Å². The summed E-state index contributed by atoms with van der Waals surface area (Å²) in [6, 6.07) is 9.12. The van der Waals surface area contributed by atoms with Crippen molar-refractivity contribution in [2.75, 3.05) is 18.0 Å². The molecule has 2 aliphatic rings. The molecule has 5 nitrogen and oxygen atoms in total. The van der Waals surface area contributed by atoms with Crippen LogP contribution in [0.3, 0.4) is 0 Å². The smallest absolute Gasteiger partial charge is 0.249 e. The summed E-state index contributed by atoms with van der Waals surface area (Å²) in [6.07, 6.45) is 4.67. The van der Waals surface area contributed by atoms with Crippen molar-refractivity contribution in [3.8, 4) is 0 Å². The van der Waals surface area contributed by atoms with Crippen LogP contribution in [0.5, 0.6) is 0 Å². The third kappa shape index (κ3) is 3.30. The Morgan fingerprint density at radius 2 is 1.95 bits per heavy atom. The molecule has 2 atom stereocenters. The number of para-hydroxylation sites is 1. The maximum absolute atomic E-state index is 12.6. The monoisotopic (exact) mass is 301 g/mol. The van der Waals surface area contributed by atoms with E-state index >= 15 is 0 Å². The maximum Gasteiger partial charge on any atom is 0.249 e. The zero-order chi connectivity index (χ0) is 15.4. The SMILES string of the molecule is O=C(NC1CCCN(c2ccccc2)C1=O)C1CCCCN1. The second-order valence-corrected chi connectivity index (χ2v) is 6.03. The second kappa shape index (κ2) is 6.92. The molecular formula is C17H23N3O2. The van der Waals surface area contributed by atoms with E-state index in [-0.39, 0.29) is 17.9 Å². The van der Waals surface area contributed by atoms with Crippen LogP contribution in [0, 0.1) is 0 Å². The summed E-state index contributed by atoms with van der Waals surface area (Å²) < 4.78 is 0. The fraction of sp³-hybridized carbons (Fsp3) is 0.529. The minimum atomic E-state index is -0.398. The Labute approximate surface area is 131 Å². The molecule has 2 saturated heterocycles. The number of anilines is 1. The van der Waals surface area contributed by atoms with E-state index in [9.17, 15) is 9.59 Å². The largest absolute Gasteiger partial charge is 0.343 e. The number of carbonyl (C=O) groups is 2. The van der Waals surface area contributed by atoms with Crippen LogP contribution >= 0.6 is 0 Å². The van der Waals surface area contributed by atoms with Gasteiger partial charge >= 0.3 is 0 Å². The molecule has 0 spiro atoms. The first-order valence-corrected chi connectivity index (χ1v) is 8.16. The van der Waals surface area contributed by atoms with Crippen molar-refractivity contribution in [3.63, 3.8) is 0 Å². The molecule has 0 aromatic heterocycles. The molecule has 3 rings (SSSR count). The molecular weight excluding hydrogens is 278 g/mol. The molecule has 2 amide bonds. The molecule has 0 saturated carbocycles. The number of rotatable bonds is 3. The Hall–Kier alpha value is -1.88. The zero-order valence-corrected chi connectivity index (χ0v) is 12.8. The molecule has 2 aliphatic heterocycles. The lowest BCUT2D eigenvalue weighted by Crippen LogP contribution is -2.56. The zero-order valence-electron chi connectivity index (χ0n) is 12.8. The summed E-state index contributed by atoms with van der Waals surface area (Å²) in [5, 5.41) is 6.17. The van der Waals surface area contributed by atoms with Crippen LogP contribution < -0.4 is 15.5 Å². The summed E-state index contributed by atoms with van der Waals surface area (Å²) >= 11 is 0. The van der Waals surface area contributed by atoms with E-state index in [1.807, 2.05) is 30.3 Å². The summed E-state index contributed by atoms with van der Waals surface area (Å²) in [5.74, 6) is -0.0328. The van der Waals surface area contributed by atoms with Gasteiger partial charge in [-0.15, -0.1) is 0 Å². The molecule has 2 fully saturated rings. The normalized spacial score (nSPS) is 25.8. The third-order valence-corrected chi connectivity index (χ3v) is 4.45. The Morgan fingerprint density at radius 1 is 1.14 bits per heavy atom. The highest BCUT2D eigenvalue weighted by molar-refractivity contribution is 6.00. The summed E-state index contributed by atoms with van der Waals surface area (Å²) in [4.78, 5) is 26.7. The van der Waals surface area contributed by atoms with Crippen molar-refractivity contribution in [1.29, 1.82) is 0 Å². The minimum absolute atomic E-state index is 0.00149. The molecule has 0 aliphatic carbocycles. The lowest BCUT2D eigenvalue weighted by molar-refractivity contribution is -0.129. The number of benzene rings is 1. The average Bonchev–Trinajstić information content (AvgIpc) is 2.58. The Bertz CT molecular complexity index is 526. The van der Waals surface area contributed by atoms with Gasteiger partial charge in [-0.3, -0.25) is 9.59 Å². The van der Waals surface area contributed by atoms with Crippen LogP contribution in [-0.2, 0) is 9.59 Å². The molecule has 0 bridgehead atoms. The van der Waals surface area contributed by atoms with E-state index in [4.69, 9.17) is 0 Å². The molecule has 2 unspecified atom stereocenters. The van der Waals surface area contributed by atoms with Crippen LogP contribution in [0.2, 0.25) is 0 Å². The fourth-order valence-corrected chi connectivity index (χ4v) is 3.22. The van der Waals surface area contributed by atoms with Crippen molar-refractivity contribution in [3.05, 3.63) is 30.3 Å². The number of hydrogen-bond acceptors (Lipinski definition) is 3. The van der Waals surface area contributed by atoms with Gasteiger partial charge in [0.1, 0.15) is 6.04 Å². The van der Waals surface area contributed by atoms with Crippen LogP contribution in [0.15, 0.2) is 30.3 Å². The van der Waals surface area contributed by atoms with Crippen molar-refractivity contribution in [1.82, 2.24) is 10.6 Å². The van der Waals surface area contributed by atoms with Gasteiger partial charge < -0.3 is 15.5 Å². The molecule has 118 valence electrons. The predicted molar refractivity (Wildman–Crippen MR) is 85.6 cm³/mol. The van der Waals surface area contributed by atoms with E-state index in [0.717, 1.165) is 50.9 Å². The van der Waals surface area contributed by atoms with Crippen LogP contribution in [0.25, 0.3) is 0 Å². The molecule has 0 radical (unpaired) electrons. The van der Waals surface area contributed by atoms with Gasteiger partial charge in [0.25, 0.3) is 0 Å². The molecule has 1 aromatic carbocycles. The lowest BCUT2D eigenvalue weighted by Gasteiger charge is -2.33. The lowest BCUT2D eigenvalue weighted by atomic mass is 10.0. The fourth-order valence-electron chi connectivity index (χ4n) is 3.22. The molecule has 2 heterocycles. The van der Waals surface area contributed by atoms with Crippen LogP contribution in [0.4, 0.5) is 5.69 Å². The number of hydrogen-bond donors (Lipinski definition) is 2. The van der Waals surface area contributed by atoms with Crippen molar-refractivity contribution < 1.29 is 9.59 Å². The van der Waals surface area contributed by atoms with Gasteiger partial charge in [-0.2, -0.15) is 0 Å². The Kier molecular flexibility index (Phi) is 4.73. The summed E-state index contributed by atoms with van der Waals surface area (Å²) in [6.45, 7) is 1.60. The third-order valence-electron chi connectivity index (χ3n) is 4.45. The second-order valence-electron chi connectivity index (χ2n) is 6.03. The Morgan fingerprint density at radius 3 is 2.68 bits per heavy atom. The van der Waals surface area contributed by atoms with Crippen molar-refractivity contribution in [2.24, 2.45) is 0 Å². The topological polar surface area (TPSA) is 61.4 Å². The molecule has 22 heavy (non-hydrogen) atoms. The highest BCUT2D eigenvalue weighted by Gasteiger charge is 2.32.